The fraction of sp³-hybridized carbons (Fsp3) is 0.875. The Labute approximate surface area is 73.1 Å². The van der Waals surface area contributed by atoms with Crippen LogP contribution in [0.2, 0.25) is 0 Å². The SMILES string of the molecule is CCC(C)CSCC(N)C#N. The average molecular weight is 172 g/mol. The minimum absolute atomic E-state index is 0.288. The van der Waals surface area contributed by atoms with Crippen molar-refractivity contribution in [2.75, 3.05) is 11.5 Å². The standard InChI is InChI=1S/C8H16N2S/c1-3-7(2)5-11-6-8(10)4-9/h7-8H,3,5-6,10H2,1-2H3. The summed E-state index contributed by atoms with van der Waals surface area (Å²) in [5.41, 5.74) is 5.42. The van der Waals surface area contributed by atoms with Crippen LogP contribution >= 0.6 is 11.8 Å². The first-order valence-corrected chi connectivity index (χ1v) is 5.09. The Morgan fingerprint density at radius 2 is 2.18 bits per heavy atom. The third-order valence-corrected chi connectivity index (χ3v) is 2.96. The molecule has 0 rings (SSSR count). The molecule has 2 nitrogen and oxygen atoms in total. The second-order valence-corrected chi connectivity index (χ2v) is 3.86. The number of rotatable bonds is 5. The molecule has 0 bridgehead atoms. The third-order valence-electron chi connectivity index (χ3n) is 1.56. The van der Waals surface area contributed by atoms with Crippen LogP contribution in [-0.2, 0) is 0 Å². The highest BCUT2D eigenvalue weighted by molar-refractivity contribution is 7.99. The Kier molecular flexibility index (Phi) is 6.39. The number of nitrogens with zero attached hydrogens (tertiary/aromatic N) is 1. The second-order valence-electron chi connectivity index (χ2n) is 2.79. The van der Waals surface area contributed by atoms with Gasteiger partial charge in [0.25, 0.3) is 0 Å². The first kappa shape index (κ1) is 10.8. The van der Waals surface area contributed by atoms with Gasteiger partial charge in [0.05, 0.1) is 6.07 Å². The average Bonchev–Trinajstić information content (AvgIpc) is 2.04. The molecule has 11 heavy (non-hydrogen) atoms. The Morgan fingerprint density at radius 3 is 2.64 bits per heavy atom. The summed E-state index contributed by atoms with van der Waals surface area (Å²) in [6.45, 7) is 4.39. The summed E-state index contributed by atoms with van der Waals surface area (Å²) in [6.07, 6.45) is 1.20. The smallest absolute Gasteiger partial charge is 0.102 e. The minimum atomic E-state index is -0.288. The fourth-order valence-electron chi connectivity index (χ4n) is 0.551. The zero-order valence-electron chi connectivity index (χ0n) is 7.21. The lowest BCUT2D eigenvalue weighted by Crippen LogP contribution is -2.20. The van der Waals surface area contributed by atoms with Crippen LogP contribution in [-0.4, -0.2) is 17.5 Å². The highest BCUT2D eigenvalue weighted by atomic mass is 32.2. The lowest BCUT2D eigenvalue weighted by Gasteiger charge is -2.07. The summed E-state index contributed by atoms with van der Waals surface area (Å²) in [5.74, 6) is 2.62. The first-order chi connectivity index (χ1) is 5.20. The maximum absolute atomic E-state index is 8.37. The monoisotopic (exact) mass is 172 g/mol. The van der Waals surface area contributed by atoms with Crippen LogP contribution in [0.5, 0.6) is 0 Å². The first-order valence-electron chi connectivity index (χ1n) is 3.93. The van der Waals surface area contributed by atoms with Gasteiger partial charge in [-0.25, -0.2) is 0 Å². The molecule has 64 valence electrons. The van der Waals surface area contributed by atoms with Gasteiger partial charge in [0.1, 0.15) is 6.04 Å². The molecule has 0 aliphatic heterocycles. The largest absolute Gasteiger partial charge is 0.315 e. The van der Waals surface area contributed by atoms with Gasteiger partial charge in [-0.3, -0.25) is 0 Å². The van der Waals surface area contributed by atoms with E-state index in [0.29, 0.717) is 0 Å². The van der Waals surface area contributed by atoms with Crippen LogP contribution in [0, 0.1) is 17.2 Å². The normalized spacial score (nSPS) is 15.5. The Morgan fingerprint density at radius 1 is 1.55 bits per heavy atom. The molecule has 0 aliphatic carbocycles. The molecule has 2 atom stereocenters. The number of thioether (sulfide) groups is 1. The predicted octanol–water partition coefficient (Wildman–Crippen LogP) is 1.62. The molecule has 0 heterocycles. The van der Waals surface area contributed by atoms with Crippen LogP contribution in [0.3, 0.4) is 0 Å². The topological polar surface area (TPSA) is 49.8 Å². The Balaban J connectivity index is 3.21. The second kappa shape index (κ2) is 6.51. The molecule has 2 unspecified atom stereocenters. The van der Waals surface area contributed by atoms with Gasteiger partial charge in [-0.15, -0.1) is 0 Å². The van der Waals surface area contributed by atoms with Gasteiger partial charge < -0.3 is 5.73 Å². The van der Waals surface area contributed by atoms with Crippen molar-refractivity contribution in [3.63, 3.8) is 0 Å². The molecule has 0 aromatic rings. The molecule has 0 radical (unpaired) electrons. The van der Waals surface area contributed by atoms with Crippen LogP contribution in [0.25, 0.3) is 0 Å². The molecule has 0 aromatic heterocycles. The van der Waals surface area contributed by atoms with E-state index in [4.69, 9.17) is 11.0 Å². The van der Waals surface area contributed by atoms with Crippen LogP contribution < -0.4 is 5.73 Å². The maximum atomic E-state index is 8.37. The van der Waals surface area contributed by atoms with Gasteiger partial charge in [-0.2, -0.15) is 17.0 Å². The Hall–Kier alpha value is -0.200. The van der Waals surface area contributed by atoms with Crippen molar-refractivity contribution in [1.82, 2.24) is 0 Å². The fourth-order valence-corrected chi connectivity index (χ4v) is 1.65. The minimum Gasteiger partial charge on any atom is -0.315 e. The van der Waals surface area contributed by atoms with E-state index < -0.39 is 0 Å². The predicted molar refractivity (Wildman–Crippen MR) is 50.4 cm³/mol. The van der Waals surface area contributed by atoms with Crippen molar-refractivity contribution in [3.8, 4) is 6.07 Å². The third kappa shape index (κ3) is 6.21. The number of hydrogen-bond donors (Lipinski definition) is 1. The van der Waals surface area contributed by atoms with Crippen molar-refractivity contribution in [2.45, 2.75) is 26.3 Å². The summed E-state index contributed by atoms with van der Waals surface area (Å²) >= 11 is 1.77. The van der Waals surface area contributed by atoms with E-state index in [-0.39, 0.29) is 6.04 Å². The van der Waals surface area contributed by atoms with E-state index in [1.807, 2.05) is 6.07 Å². The summed E-state index contributed by atoms with van der Waals surface area (Å²) in [4.78, 5) is 0. The lowest BCUT2D eigenvalue weighted by atomic mass is 10.2. The van der Waals surface area contributed by atoms with Gasteiger partial charge in [-0.05, 0) is 11.7 Å². The summed E-state index contributed by atoms with van der Waals surface area (Å²) in [6, 6.07) is 1.73. The van der Waals surface area contributed by atoms with Gasteiger partial charge >= 0.3 is 0 Å². The summed E-state index contributed by atoms with van der Waals surface area (Å²) in [5, 5.41) is 8.37. The van der Waals surface area contributed by atoms with E-state index in [9.17, 15) is 0 Å². The molecule has 0 aliphatic rings. The molecule has 0 amide bonds. The maximum Gasteiger partial charge on any atom is 0.102 e. The molecule has 0 fully saturated rings. The van der Waals surface area contributed by atoms with E-state index in [1.54, 1.807) is 11.8 Å². The number of hydrogen-bond acceptors (Lipinski definition) is 3. The molecule has 3 heteroatoms. The quantitative estimate of drug-likeness (QED) is 0.685. The molecule has 0 saturated carbocycles. The number of nitrogens with two attached hydrogens (primary N) is 1. The highest BCUT2D eigenvalue weighted by Gasteiger charge is 2.02. The van der Waals surface area contributed by atoms with E-state index in [0.717, 1.165) is 17.4 Å². The van der Waals surface area contributed by atoms with Crippen molar-refractivity contribution in [1.29, 1.82) is 5.26 Å². The van der Waals surface area contributed by atoms with Crippen molar-refractivity contribution in [3.05, 3.63) is 0 Å². The highest BCUT2D eigenvalue weighted by Crippen LogP contribution is 2.11. The van der Waals surface area contributed by atoms with Crippen LogP contribution in [0.1, 0.15) is 20.3 Å². The lowest BCUT2D eigenvalue weighted by molar-refractivity contribution is 0.636. The van der Waals surface area contributed by atoms with Gasteiger partial charge in [0, 0.05) is 5.75 Å². The van der Waals surface area contributed by atoms with Gasteiger partial charge in [0.2, 0.25) is 0 Å². The summed E-state index contributed by atoms with van der Waals surface area (Å²) in [7, 11) is 0. The van der Waals surface area contributed by atoms with Crippen molar-refractivity contribution in [2.24, 2.45) is 11.7 Å². The van der Waals surface area contributed by atoms with Crippen molar-refractivity contribution >= 4 is 11.8 Å². The molecule has 0 spiro atoms. The van der Waals surface area contributed by atoms with E-state index in [1.165, 1.54) is 6.42 Å². The zero-order valence-corrected chi connectivity index (χ0v) is 8.03. The zero-order chi connectivity index (χ0) is 8.69. The van der Waals surface area contributed by atoms with Gasteiger partial charge in [-0.1, -0.05) is 20.3 Å². The molecular weight excluding hydrogens is 156 g/mol. The van der Waals surface area contributed by atoms with Crippen LogP contribution in [0.15, 0.2) is 0 Å². The Bertz CT molecular complexity index is 131. The molecule has 0 saturated heterocycles. The number of nitriles is 1. The van der Waals surface area contributed by atoms with Crippen LogP contribution in [0.4, 0.5) is 0 Å². The van der Waals surface area contributed by atoms with E-state index >= 15 is 0 Å². The molecule has 2 N–H and O–H groups in total. The molecule has 0 aromatic carbocycles. The van der Waals surface area contributed by atoms with Crippen molar-refractivity contribution < 1.29 is 0 Å². The summed E-state index contributed by atoms with van der Waals surface area (Å²) < 4.78 is 0. The molecular formula is C8H16N2S. The van der Waals surface area contributed by atoms with E-state index in [2.05, 4.69) is 13.8 Å². The van der Waals surface area contributed by atoms with Gasteiger partial charge in [0.15, 0.2) is 0 Å².